The number of anilines is 6. The minimum atomic E-state index is -0.938. The first-order chi connectivity index (χ1) is 45.6. The van der Waals surface area contributed by atoms with Crippen LogP contribution < -0.4 is 9.80 Å². The Morgan fingerprint density at radius 1 is 0.185 bits per heavy atom. The lowest BCUT2D eigenvalue weighted by Crippen LogP contribution is -2.50. The molecule has 0 radical (unpaired) electrons. The quantitative estimate of drug-likeness (QED) is 0.144. The summed E-state index contributed by atoms with van der Waals surface area (Å²) in [4.78, 5) is 4.87. The Morgan fingerprint density at radius 2 is 0.435 bits per heavy atom. The van der Waals surface area contributed by atoms with Crippen molar-refractivity contribution in [1.29, 1.82) is 0 Å². The van der Waals surface area contributed by atoms with Crippen LogP contribution in [0, 0.1) is 0 Å². The van der Waals surface area contributed by atoms with Gasteiger partial charge in [0.25, 0.3) is 0 Å². The maximum absolute atomic E-state index is 6.52. The van der Waals surface area contributed by atoms with Crippen molar-refractivity contribution < 1.29 is 17.7 Å². The molecule has 0 spiro atoms. The topological polar surface area (TPSA) is 59.0 Å². The number of fused-ring (bicyclic) bond motifs is 18. The summed E-state index contributed by atoms with van der Waals surface area (Å²) in [5.74, 6) is 0. The van der Waals surface area contributed by atoms with E-state index < -0.39 is 10.8 Å². The average Bonchev–Trinajstić information content (AvgIpc) is 1.46. The second-order valence-corrected chi connectivity index (χ2v) is 24.6. The zero-order valence-electron chi connectivity index (χ0n) is 49.5. The summed E-state index contributed by atoms with van der Waals surface area (Å²) in [6.45, 7) is 0. The number of benzene rings is 14. The second-order valence-electron chi connectivity index (χ2n) is 24.6. The van der Waals surface area contributed by atoms with Gasteiger partial charge < -0.3 is 27.5 Å². The van der Waals surface area contributed by atoms with Gasteiger partial charge in [-0.25, -0.2) is 0 Å². The summed E-state index contributed by atoms with van der Waals surface area (Å²) in [7, 11) is 0. The van der Waals surface area contributed by atoms with Gasteiger partial charge in [-0.05, 0) is 177 Å². The van der Waals surface area contributed by atoms with Crippen LogP contribution in [-0.4, -0.2) is 0 Å². The first kappa shape index (κ1) is 50.8. The molecule has 18 aromatic rings. The van der Waals surface area contributed by atoms with Crippen LogP contribution in [0.4, 0.5) is 34.1 Å². The molecule has 6 nitrogen and oxygen atoms in total. The van der Waals surface area contributed by atoms with Crippen molar-refractivity contribution in [3.05, 3.63) is 349 Å². The number of rotatable bonds is 9. The van der Waals surface area contributed by atoms with Crippen molar-refractivity contribution in [2.24, 2.45) is 0 Å². The van der Waals surface area contributed by atoms with Gasteiger partial charge in [-0.2, -0.15) is 0 Å². The number of hydrogen-bond donors (Lipinski definition) is 0. The van der Waals surface area contributed by atoms with E-state index in [1.54, 1.807) is 0 Å². The van der Waals surface area contributed by atoms with Gasteiger partial charge >= 0.3 is 0 Å². The van der Waals surface area contributed by atoms with Crippen molar-refractivity contribution in [2.45, 2.75) is 10.8 Å². The molecule has 92 heavy (non-hydrogen) atoms. The molecular formula is C86H52N2O4. The van der Waals surface area contributed by atoms with Crippen LogP contribution in [0.1, 0.15) is 33.4 Å². The van der Waals surface area contributed by atoms with Gasteiger partial charge in [-0.1, -0.05) is 194 Å². The smallest absolute Gasteiger partial charge is 0.135 e. The Bertz CT molecular complexity index is 5470. The van der Waals surface area contributed by atoms with Crippen LogP contribution in [0.3, 0.4) is 0 Å². The molecule has 0 bridgehead atoms. The number of nitrogens with zero attached hydrogens (tertiary/aromatic N) is 2. The van der Waals surface area contributed by atoms with E-state index in [0.717, 1.165) is 122 Å². The van der Waals surface area contributed by atoms with Crippen molar-refractivity contribution in [3.8, 4) is 22.3 Å². The summed E-state index contributed by atoms with van der Waals surface area (Å²) >= 11 is 0. The van der Waals surface area contributed by atoms with Crippen LogP contribution in [0.5, 0.6) is 0 Å². The monoisotopic (exact) mass is 1180 g/mol. The summed E-state index contributed by atoms with van der Waals surface area (Å²) < 4.78 is 26.1. The number of para-hydroxylation sites is 4. The Balaban J connectivity index is 0.891. The molecule has 2 aliphatic carbocycles. The third-order valence-electron chi connectivity index (χ3n) is 20.0. The van der Waals surface area contributed by atoms with Crippen molar-refractivity contribution in [3.63, 3.8) is 0 Å². The molecular weight excluding hydrogens is 1120 g/mol. The molecule has 0 saturated carbocycles. The fourth-order valence-corrected chi connectivity index (χ4v) is 16.4. The Kier molecular flexibility index (Phi) is 10.6. The lowest BCUT2D eigenvalue weighted by Gasteiger charge is -2.51. The van der Waals surface area contributed by atoms with E-state index in [9.17, 15) is 0 Å². The molecule has 0 fully saturated rings. The predicted molar refractivity (Wildman–Crippen MR) is 375 cm³/mol. The van der Waals surface area contributed by atoms with Gasteiger partial charge in [0.2, 0.25) is 0 Å². The van der Waals surface area contributed by atoms with Crippen LogP contribution in [-0.2, 0) is 10.8 Å². The maximum Gasteiger partial charge on any atom is 0.135 e. The van der Waals surface area contributed by atoms with E-state index in [0.29, 0.717) is 0 Å². The van der Waals surface area contributed by atoms with Crippen LogP contribution >= 0.6 is 0 Å². The Labute approximate surface area is 528 Å². The van der Waals surface area contributed by atoms with Crippen molar-refractivity contribution in [1.82, 2.24) is 0 Å². The normalized spacial score (nSPS) is 15.7. The molecule has 0 amide bonds. The molecule has 2 unspecified atom stereocenters. The molecule has 4 heterocycles. The van der Waals surface area contributed by atoms with Gasteiger partial charge in [0.1, 0.15) is 44.7 Å². The highest BCUT2D eigenvalue weighted by Gasteiger charge is 2.64. The molecule has 14 aromatic carbocycles. The first-order valence-corrected chi connectivity index (χ1v) is 31.4. The van der Waals surface area contributed by atoms with E-state index in [1.807, 2.05) is 24.3 Å². The van der Waals surface area contributed by atoms with E-state index in [1.165, 1.54) is 55.6 Å². The molecule has 6 heteroatoms. The highest BCUT2D eigenvalue weighted by atomic mass is 16.3. The number of furan rings is 4. The Morgan fingerprint density at radius 3 is 0.772 bits per heavy atom. The SMILES string of the molecule is c1ccc(C2(C3(c4ccccc4)c4ccccc4-c4ccc(N(c5ccc6oc7ccccc7c6c5)c5ccc6oc7ccccc7c6c5)cc43)c3ccccc3-c3ccc(N(c4ccc5oc6ccccc6c5c4)c4ccc5oc6ccccc6c5c4)cc32)cc1. The molecule has 0 aliphatic heterocycles. The summed E-state index contributed by atoms with van der Waals surface area (Å²) in [5.41, 5.74) is 22.9. The third kappa shape index (κ3) is 6.98. The Hall–Kier alpha value is -12.1. The van der Waals surface area contributed by atoms with E-state index in [2.05, 4.69) is 301 Å². The van der Waals surface area contributed by atoms with E-state index in [-0.39, 0.29) is 0 Å². The molecule has 430 valence electrons. The van der Waals surface area contributed by atoms with Gasteiger partial charge in [0, 0.05) is 77.2 Å². The largest absolute Gasteiger partial charge is 0.456 e. The van der Waals surface area contributed by atoms with Gasteiger partial charge in [-0.3, -0.25) is 0 Å². The molecule has 0 saturated heterocycles. The van der Waals surface area contributed by atoms with E-state index in [4.69, 9.17) is 17.7 Å². The minimum Gasteiger partial charge on any atom is -0.456 e. The first-order valence-electron chi connectivity index (χ1n) is 31.4. The summed E-state index contributed by atoms with van der Waals surface area (Å²) in [6, 6.07) is 116. The fourth-order valence-electron chi connectivity index (χ4n) is 16.4. The zero-order valence-corrected chi connectivity index (χ0v) is 49.5. The van der Waals surface area contributed by atoms with Gasteiger partial charge in [-0.15, -0.1) is 0 Å². The highest BCUT2D eigenvalue weighted by molar-refractivity contribution is 6.11. The third-order valence-corrected chi connectivity index (χ3v) is 20.0. The molecule has 4 aromatic heterocycles. The highest BCUT2D eigenvalue weighted by Crippen LogP contribution is 2.70. The second kappa shape index (κ2) is 19.2. The molecule has 20 rings (SSSR count). The van der Waals surface area contributed by atoms with Crippen LogP contribution in [0.15, 0.2) is 333 Å². The lowest BCUT2D eigenvalue weighted by atomic mass is 9.49. The van der Waals surface area contributed by atoms with E-state index >= 15 is 0 Å². The van der Waals surface area contributed by atoms with Gasteiger partial charge in [0.05, 0.1) is 10.8 Å². The predicted octanol–water partition coefficient (Wildman–Crippen LogP) is 23.6. The summed E-state index contributed by atoms with van der Waals surface area (Å²) in [5, 5.41) is 8.48. The molecule has 2 atom stereocenters. The average molecular weight is 1180 g/mol. The van der Waals surface area contributed by atoms with Crippen molar-refractivity contribution >= 4 is 122 Å². The lowest BCUT2D eigenvalue weighted by molar-refractivity contribution is 0.437. The standard InChI is InChI=1S/C86H52N2O4/c1-3-19-53(20-4-1)85(73-29-13-7-23-61(73)63-41-35-59(51-75(63)85)87(55-37-43-81-69(47-55)65-25-9-15-31-77(65)89-81)56-38-44-82-70(48-56)66-26-10-16-32-78(66)90-82)86(54-21-5-2-6-22-54)74-30-14-8-24-62(74)64-42-36-60(52-76(64)86)88(57-39-45-83-71(49-57)67-27-11-17-33-79(67)91-83)58-40-46-84-72(50-58)68-28-12-18-34-80(68)92-84/h1-52H. The molecule has 2 aliphatic rings. The van der Waals surface area contributed by atoms with Gasteiger partial charge in [0.15, 0.2) is 0 Å². The fraction of sp³-hybridized carbons (Fsp3) is 0.0233. The summed E-state index contributed by atoms with van der Waals surface area (Å²) in [6.07, 6.45) is 0. The molecule has 0 N–H and O–H groups in total. The maximum atomic E-state index is 6.52. The number of hydrogen-bond acceptors (Lipinski definition) is 6. The van der Waals surface area contributed by atoms with Crippen LogP contribution in [0.25, 0.3) is 110 Å². The van der Waals surface area contributed by atoms with Crippen molar-refractivity contribution in [2.75, 3.05) is 9.80 Å². The zero-order chi connectivity index (χ0) is 60.2. The minimum absolute atomic E-state index is 0.839. The van der Waals surface area contributed by atoms with Crippen LogP contribution in [0.2, 0.25) is 0 Å².